The van der Waals surface area contributed by atoms with Crippen LogP contribution in [0.5, 0.6) is 0 Å². The van der Waals surface area contributed by atoms with Crippen LogP contribution in [0, 0.1) is 12.8 Å². The summed E-state index contributed by atoms with van der Waals surface area (Å²) in [5.74, 6) is 0.717. The van der Waals surface area contributed by atoms with Crippen LogP contribution in [0.1, 0.15) is 18.4 Å². The van der Waals surface area contributed by atoms with Crippen molar-refractivity contribution >= 4 is 23.2 Å². The molecule has 2 fully saturated rings. The summed E-state index contributed by atoms with van der Waals surface area (Å²) >= 11 is 6.15. The van der Waals surface area contributed by atoms with Gasteiger partial charge < -0.3 is 10.6 Å². The van der Waals surface area contributed by atoms with Crippen LogP contribution in [-0.4, -0.2) is 43.0 Å². The lowest BCUT2D eigenvalue weighted by Crippen LogP contribution is -2.41. The Hall–Kier alpha value is -1.10. The second kappa shape index (κ2) is 6.34. The summed E-state index contributed by atoms with van der Waals surface area (Å²) in [5, 5.41) is 7.06. The lowest BCUT2D eigenvalue weighted by molar-refractivity contribution is -0.117. The van der Waals surface area contributed by atoms with Crippen LogP contribution < -0.4 is 10.6 Å². The highest BCUT2D eigenvalue weighted by atomic mass is 35.5. The molecule has 2 saturated heterocycles. The van der Waals surface area contributed by atoms with Crippen molar-refractivity contribution in [2.24, 2.45) is 5.92 Å². The van der Waals surface area contributed by atoms with E-state index in [4.69, 9.17) is 11.6 Å². The summed E-state index contributed by atoms with van der Waals surface area (Å²) in [5.41, 5.74) is 1.79. The van der Waals surface area contributed by atoms with E-state index in [9.17, 15) is 4.79 Å². The predicted octanol–water partition coefficient (Wildman–Crippen LogP) is 2.27. The first kappa shape index (κ1) is 14.8. The van der Waals surface area contributed by atoms with Crippen LogP contribution in [0.3, 0.4) is 0 Å². The molecule has 3 rings (SSSR count). The number of piperidine rings is 1. The number of hydrogen-bond donors (Lipinski definition) is 2. The molecular formula is C16H22ClN3O. The van der Waals surface area contributed by atoms with E-state index in [1.165, 1.54) is 12.8 Å². The number of likely N-dealkylation sites (tertiary alicyclic amines) is 1. The van der Waals surface area contributed by atoms with Crippen LogP contribution in [0.4, 0.5) is 5.69 Å². The number of fused-ring (bicyclic) bond motifs is 1. The van der Waals surface area contributed by atoms with Crippen molar-refractivity contribution in [3.8, 4) is 0 Å². The minimum absolute atomic E-state index is 0.0133. The Morgan fingerprint density at radius 2 is 2.33 bits per heavy atom. The van der Waals surface area contributed by atoms with Crippen molar-refractivity contribution in [3.05, 3.63) is 28.8 Å². The summed E-state index contributed by atoms with van der Waals surface area (Å²) < 4.78 is 0. The zero-order valence-corrected chi connectivity index (χ0v) is 13.1. The Balaban J connectivity index is 1.55. The molecule has 5 heteroatoms. The van der Waals surface area contributed by atoms with Crippen molar-refractivity contribution < 1.29 is 4.79 Å². The van der Waals surface area contributed by atoms with Gasteiger partial charge in [0.05, 0.1) is 17.3 Å². The first-order valence-electron chi connectivity index (χ1n) is 7.63. The normalized spacial score (nSPS) is 25.6. The van der Waals surface area contributed by atoms with Crippen LogP contribution in [0.15, 0.2) is 18.2 Å². The highest BCUT2D eigenvalue weighted by molar-refractivity contribution is 6.33. The van der Waals surface area contributed by atoms with Gasteiger partial charge in [0.1, 0.15) is 0 Å². The Morgan fingerprint density at radius 3 is 3.10 bits per heavy atom. The molecule has 1 aromatic rings. The second-order valence-corrected chi connectivity index (χ2v) is 6.60. The highest BCUT2D eigenvalue weighted by Crippen LogP contribution is 2.25. The highest BCUT2D eigenvalue weighted by Gasteiger charge is 2.34. The number of carbonyl (C=O) groups is 1. The molecule has 1 aromatic carbocycles. The molecule has 0 aliphatic carbocycles. The SMILES string of the molecule is Cc1ccc(NC(=O)CN2CC3CCCNC3C2)c(Cl)c1. The molecule has 2 aliphatic rings. The summed E-state index contributed by atoms with van der Waals surface area (Å²) in [6.07, 6.45) is 2.53. The molecule has 2 unspecified atom stereocenters. The number of hydrogen-bond acceptors (Lipinski definition) is 3. The zero-order chi connectivity index (χ0) is 14.8. The van der Waals surface area contributed by atoms with Gasteiger partial charge in [-0.1, -0.05) is 17.7 Å². The molecule has 1 amide bonds. The summed E-state index contributed by atoms with van der Waals surface area (Å²) in [6.45, 7) is 5.53. The van der Waals surface area contributed by atoms with E-state index in [0.29, 0.717) is 29.2 Å². The minimum atomic E-state index is 0.0133. The van der Waals surface area contributed by atoms with Crippen LogP contribution in [0.25, 0.3) is 0 Å². The van der Waals surface area contributed by atoms with Gasteiger partial charge in [0, 0.05) is 19.1 Å². The Kier molecular flexibility index (Phi) is 4.48. The average molecular weight is 308 g/mol. The molecule has 0 bridgehead atoms. The number of rotatable bonds is 3. The van der Waals surface area contributed by atoms with Gasteiger partial charge in [0.25, 0.3) is 0 Å². The summed E-state index contributed by atoms with van der Waals surface area (Å²) in [7, 11) is 0. The van der Waals surface area contributed by atoms with Gasteiger partial charge in [-0.25, -0.2) is 0 Å². The Labute approximate surface area is 130 Å². The lowest BCUT2D eigenvalue weighted by atomic mass is 9.94. The van der Waals surface area contributed by atoms with E-state index in [-0.39, 0.29) is 5.91 Å². The number of nitrogens with zero attached hydrogens (tertiary/aromatic N) is 1. The fourth-order valence-electron chi connectivity index (χ4n) is 3.38. The molecule has 114 valence electrons. The van der Waals surface area contributed by atoms with Crippen LogP contribution >= 0.6 is 11.6 Å². The first-order valence-corrected chi connectivity index (χ1v) is 8.01. The quantitative estimate of drug-likeness (QED) is 0.900. The van der Waals surface area contributed by atoms with E-state index < -0.39 is 0 Å². The third-order valence-corrected chi connectivity index (χ3v) is 4.75. The minimum Gasteiger partial charge on any atom is -0.324 e. The standard InChI is InChI=1S/C16H22ClN3O/c1-11-4-5-14(13(17)7-11)19-16(21)10-20-8-12-3-2-6-18-15(12)9-20/h4-5,7,12,15,18H,2-3,6,8-10H2,1H3,(H,19,21). The molecule has 2 heterocycles. The number of halogens is 1. The molecule has 21 heavy (non-hydrogen) atoms. The van der Waals surface area contributed by atoms with Crippen molar-refractivity contribution in [1.29, 1.82) is 0 Å². The molecule has 0 spiro atoms. The van der Waals surface area contributed by atoms with Crippen molar-refractivity contribution in [1.82, 2.24) is 10.2 Å². The van der Waals surface area contributed by atoms with Crippen molar-refractivity contribution in [2.45, 2.75) is 25.8 Å². The lowest BCUT2D eigenvalue weighted by Gasteiger charge is -2.24. The molecule has 2 atom stereocenters. The third kappa shape index (κ3) is 3.57. The second-order valence-electron chi connectivity index (χ2n) is 6.19. The zero-order valence-electron chi connectivity index (χ0n) is 12.4. The third-order valence-electron chi connectivity index (χ3n) is 4.44. The number of aryl methyl sites for hydroxylation is 1. The molecule has 4 nitrogen and oxygen atoms in total. The van der Waals surface area contributed by atoms with Gasteiger partial charge in [-0.3, -0.25) is 9.69 Å². The molecule has 2 N–H and O–H groups in total. The molecule has 2 aliphatic heterocycles. The predicted molar refractivity (Wildman–Crippen MR) is 85.8 cm³/mol. The monoisotopic (exact) mass is 307 g/mol. The van der Waals surface area contributed by atoms with E-state index >= 15 is 0 Å². The van der Waals surface area contributed by atoms with Gasteiger partial charge in [-0.15, -0.1) is 0 Å². The Bertz CT molecular complexity index is 520. The van der Waals surface area contributed by atoms with Crippen LogP contribution in [-0.2, 0) is 4.79 Å². The van der Waals surface area contributed by atoms with E-state index in [1.54, 1.807) is 0 Å². The number of benzene rings is 1. The van der Waals surface area contributed by atoms with Gasteiger partial charge in [0.2, 0.25) is 5.91 Å². The number of anilines is 1. The summed E-state index contributed by atoms with van der Waals surface area (Å²) in [6, 6.07) is 6.25. The van der Waals surface area contributed by atoms with Gasteiger partial charge in [0.15, 0.2) is 0 Å². The topological polar surface area (TPSA) is 44.4 Å². The van der Waals surface area contributed by atoms with Gasteiger partial charge in [-0.05, 0) is 49.9 Å². The fourth-order valence-corrected chi connectivity index (χ4v) is 3.66. The maximum absolute atomic E-state index is 12.2. The Morgan fingerprint density at radius 1 is 1.48 bits per heavy atom. The number of carbonyl (C=O) groups excluding carboxylic acids is 1. The molecular weight excluding hydrogens is 286 g/mol. The van der Waals surface area contributed by atoms with Crippen molar-refractivity contribution in [3.63, 3.8) is 0 Å². The maximum Gasteiger partial charge on any atom is 0.238 e. The molecule has 0 saturated carbocycles. The average Bonchev–Trinajstić information content (AvgIpc) is 2.84. The first-order chi connectivity index (χ1) is 10.1. The number of nitrogens with one attached hydrogen (secondary N) is 2. The number of amides is 1. The molecule has 0 radical (unpaired) electrons. The fraction of sp³-hybridized carbons (Fsp3) is 0.562. The molecule has 0 aromatic heterocycles. The van der Waals surface area contributed by atoms with E-state index in [0.717, 1.165) is 25.2 Å². The van der Waals surface area contributed by atoms with Gasteiger partial charge >= 0.3 is 0 Å². The largest absolute Gasteiger partial charge is 0.324 e. The van der Waals surface area contributed by atoms with Crippen LogP contribution in [0.2, 0.25) is 5.02 Å². The van der Waals surface area contributed by atoms with Crippen molar-refractivity contribution in [2.75, 3.05) is 31.5 Å². The van der Waals surface area contributed by atoms with E-state index in [1.807, 2.05) is 25.1 Å². The summed E-state index contributed by atoms with van der Waals surface area (Å²) in [4.78, 5) is 14.4. The van der Waals surface area contributed by atoms with E-state index in [2.05, 4.69) is 15.5 Å². The van der Waals surface area contributed by atoms with Gasteiger partial charge in [-0.2, -0.15) is 0 Å². The smallest absolute Gasteiger partial charge is 0.238 e. The maximum atomic E-state index is 12.2.